The summed E-state index contributed by atoms with van der Waals surface area (Å²) in [6.45, 7) is 0. The summed E-state index contributed by atoms with van der Waals surface area (Å²) in [5.74, 6) is -1.12. The van der Waals surface area contributed by atoms with E-state index in [1.54, 1.807) is 18.2 Å². The number of sulfonamides is 1. The van der Waals surface area contributed by atoms with Crippen LogP contribution in [0.5, 0.6) is 5.75 Å². The lowest BCUT2D eigenvalue weighted by atomic mass is 9.87. The lowest BCUT2D eigenvalue weighted by Crippen LogP contribution is -2.31. The molecule has 1 atom stereocenters. The Bertz CT molecular complexity index is 1260. The number of benzene rings is 3. The van der Waals surface area contributed by atoms with Gasteiger partial charge in [0.1, 0.15) is 16.5 Å². The number of nitrogens with one attached hydrogen (secondary N) is 2. The van der Waals surface area contributed by atoms with Gasteiger partial charge in [-0.3, -0.25) is 9.52 Å². The van der Waals surface area contributed by atoms with Crippen molar-refractivity contribution in [3.63, 3.8) is 0 Å². The van der Waals surface area contributed by atoms with Crippen LogP contribution in [0.1, 0.15) is 40.4 Å². The van der Waals surface area contributed by atoms with E-state index >= 15 is 0 Å². The Balaban J connectivity index is 1.59. The van der Waals surface area contributed by atoms with E-state index in [4.69, 9.17) is 4.74 Å². The topological polar surface area (TPSA) is 84.5 Å². The number of rotatable bonds is 6. The highest BCUT2D eigenvalue weighted by molar-refractivity contribution is 7.92. The first kappa shape index (κ1) is 21.8. The zero-order valence-corrected chi connectivity index (χ0v) is 18.3. The molecule has 0 aromatic heterocycles. The molecule has 8 heteroatoms. The number of fused-ring (bicyclic) bond motifs is 1. The third kappa shape index (κ3) is 4.45. The van der Waals surface area contributed by atoms with Gasteiger partial charge in [-0.25, -0.2) is 12.8 Å². The van der Waals surface area contributed by atoms with Gasteiger partial charge in [-0.05, 0) is 60.7 Å². The molecule has 0 heterocycles. The molecule has 0 saturated heterocycles. The van der Waals surface area contributed by atoms with Crippen LogP contribution in [0.25, 0.3) is 0 Å². The van der Waals surface area contributed by atoms with Crippen molar-refractivity contribution in [3.05, 3.63) is 89.2 Å². The summed E-state index contributed by atoms with van der Waals surface area (Å²) in [4.78, 5) is 12.3. The largest absolute Gasteiger partial charge is 0.495 e. The summed E-state index contributed by atoms with van der Waals surface area (Å²) in [5, 5.41) is 2.96. The van der Waals surface area contributed by atoms with E-state index in [1.807, 2.05) is 24.3 Å². The molecule has 0 radical (unpaired) electrons. The first-order chi connectivity index (χ1) is 15.4. The molecule has 32 heavy (non-hydrogen) atoms. The Morgan fingerprint density at radius 1 is 1.06 bits per heavy atom. The van der Waals surface area contributed by atoms with Crippen LogP contribution in [-0.2, 0) is 16.4 Å². The van der Waals surface area contributed by atoms with Gasteiger partial charge in [0.05, 0.1) is 18.8 Å². The predicted octanol–water partition coefficient (Wildman–Crippen LogP) is 4.44. The van der Waals surface area contributed by atoms with E-state index in [-0.39, 0.29) is 17.3 Å². The number of aryl methyl sites for hydroxylation is 1. The second-order valence-corrected chi connectivity index (χ2v) is 9.22. The Hall–Kier alpha value is -3.39. The molecule has 6 nitrogen and oxygen atoms in total. The maximum absolute atomic E-state index is 14.5. The molecule has 0 saturated carbocycles. The standard InChI is InChI=1S/C24H23FN2O4S/c1-31-22-12-5-4-10-21(22)27-32(29,30)23-15-17(13-14-19(23)25)24(28)26-20-11-6-8-16-7-2-3-9-18(16)20/h2-5,7,9-10,12-15,20,27H,6,8,11H2,1H3,(H,26,28). The Labute approximate surface area is 186 Å². The van der Waals surface area contributed by atoms with Crippen molar-refractivity contribution < 1.29 is 22.3 Å². The third-order valence-electron chi connectivity index (χ3n) is 5.51. The number of hydrogen-bond donors (Lipinski definition) is 2. The maximum Gasteiger partial charge on any atom is 0.264 e. The molecule has 0 bridgehead atoms. The Morgan fingerprint density at radius 2 is 1.81 bits per heavy atom. The van der Waals surface area contributed by atoms with Crippen molar-refractivity contribution in [1.29, 1.82) is 0 Å². The van der Waals surface area contributed by atoms with Crippen LogP contribution in [-0.4, -0.2) is 21.4 Å². The molecule has 1 aliphatic carbocycles. The summed E-state index contributed by atoms with van der Waals surface area (Å²) < 4.78 is 47.7. The normalized spacial score (nSPS) is 15.5. The van der Waals surface area contributed by atoms with E-state index in [2.05, 4.69) is 10.0 Å². The van der Waals surface area contributed by atoms with Crippen molar-refractivity contribution in [2.75, 3.05) is 11.8 Å². The van der Waals surface area contributed by atoms with Gasteiger partial charge in [0.25, 0.3) is 15.9 Å². The fourth-order valence-electron chi connectivity index (χ4n) is 3.92. The van der Waals surface area contributed by atoms with E-state index in [0.717, 1.165) is 37.0 Å². The fraction of sp³-hybridized carbons (Fsp3) is 0.208. The highest BCUT2D eigenvalue weighted by Gasteiger charge is 2.25. The fourth-order valence-corrected chi connectivity index (χ4v) is 5.10. The summed E-state index contributed by atoms with van der Waals surface area (Å²) >= 11 is 0. The van der Waals surface area contributed by atoms with E-state index in [0.29, 0.717) is 5.75 Å². The van der Waals surface area contributed by atoms with Crippen LogP contribution in [0.15, 0.2) is 71.6 Å². The molecule has 166 valence electrons. The number of amides is 1. The highest BCUT2D eigenvalue weighted by atomic mass is 32.2. The van der Waals surface area contributed by atoms with E-state index in [1.165, 1.54) is 24.8 Å². The number of carbonyl (C=O) groups excluding carboxylic acids is 1. The molecule has 0 aliphatic heterocycles. The van der Waals surface area contributed by atoms with Crippen molar-refractivity contribution in [1.82, 2.24) is 5.32 Å². The number of ether oxygens (including phenoxy) is 1. The van der Waals surface area contributed by atoms with Gasteiger partial charge in [0, 0.05) is 5.56 Å². The van der Waals surface area contributed by atoms with Crippen molar-refractivity contribution in [2.45, 2.75) is 30.2 Å². The highest BCUT2D eigenvalue weighted by Crippen LogP contribution is 2.30. The summed E-state index contributed by atoms with van der Waals surface area (Å²) in [6.07, 6.45) is 2.67. The Morgan fingerprint density at radius 3 is 2.62 bits per heavy atom. The van der Waals surface area contributed by atoms with Gasteiger partial charge in [0.2, 0.25) is 0 Å². The average Bonchev–Trinajstić information content (AvgIpc) is 2.79. The van der Waals surface area contributed by atoms with Crippen LogP contribution < -0.4 is 14.8 Å². The Kier molecular flexibility index (Phi) is 6.14. The number of methoxy groups -OCH3 is 1. The van der Waals surface area contributed by atoms with Crippen molar-refractivity contribution in [3.8, 4) is 5.75 Å². The average molecular weight is 455 g/mol. The minimum Gasteiger partial charge on any atom is -0.495 e. The maximum atomic E-state index is 14.5. The van der Waals surface area contributed by atoms with Gasteiger partial charge in [-0.1, -0.05) is 36.4 Å². The van der Waals surface area contributed by atoms with Gasteiger partial charge < -0.3 is 10.1 Å². The van der Waals surface area contributed by atoms with Crippen LogP contribution in [0.2, 0.25) is 0 Å². The van der Waals surface area contributed by atoms with Crippen LogP contribution in [0.4, 0.5) is 10.1 Å². The molecule has 0 fully saturated rings. The quantitative estimate of drug-likeness (QED) is 0.577. The molecule has 2 N–H and O–H groups in total. The summed E-state index contributed by atoms with van der Waals surface area (Å²) in [5.41, 5.74) is 2.48. The monoisotopic (exact) mass is 454 g/mol. The van der Waals surface area contributed by atoms with E-state index in [9.17, 15) is 17.6 Å². The zero-order chi connectivity index (χ0) is 22.7. The molecule has 1 amide bonds. The second-order valence-electron chi connectivity index (χ2n) is 7.57. The molecule has 0 spiro atoms. The molecule has 1 unspecified atom stereocenters. The first-order valence-electron chi connectivity index (χ1n) is 10.2. The van der Waals surface area contributed by atoms with Gasteiger partial charge in [0.15, 0.2) is 0 Å². The van der Waals surface area contributed by atoms with E-state index < -0.39 is 26.6 Å². The SMILES string of the molecule is COc1ccccc1NS(=O)(=O)c1cc(C(=O)NC2CCCc3ccccc32)ccc1F. The van der Waals surface area contributed by atoms with Crippen LogP contribution in [0.3, 0.4) is 0 Å². The van der Waals surface area contributed by atoms with Crippen LogP contribution in [0, 0.1) is 5.82 Å². The molecule has 4 rings (SSSR count). The first-order valence-corrected chi connectivity index (χ1v) is 11.7. The second kappa shape index (κ2) is 9.00. The van der Waals surface area contributed by atoms with Gasteiger partial charge in [-0.15, -0.1) is 0 Å². The zero-order valence-electron chi connectivity index (χ0n) is 17.5. The third-order valence-corrected chi connectivity index (χ3v) is 6.89. The predicted molar refractivity (Wildman–Crippen MR) is 120 cm³/mol. The lowest BCUT2D eigenvalue weighted by Gasteiger charge is -2.26. The minimum absolute atomic E-state index is 0.0647. The van der Waals surface area contributed by atoms with Gasteiger partial charge in [-0.2, -0.15) is 0 Å². The van der Waals surface area contributed by atoms with Crippen molar-refractivity contribution in [2.24, 2.45) is 0 Å². The smallest absolute Gasteiger partial charge is 0.264 e. The number of anilines is 1. The molecule has 3 aromatic carbocycles. The number of carbonyl (C=O) groups is 1. The molecular formula is C24H23FN2O4S. The summed E-state index contributed by atoms with van der Waals surface area (Å²) in [7, 11) is -2.89. The number of hydrogen-bond acceptors (Lipinski definition) is 4. The minimum atomic E-state index is -4.30. The lowest BCUT2D eigenvalue weighted by molar-refractivity contribution is 0.0932. The molecular weight excluding hydrogens is 431 g/mol. The van der Waals surface area contributed by atoms with Crippen LogP contribution >= 0.6 is 0 Å². The summed E-state index contributed by atoms with van der Waals surface area (Å²) in [6, 6.07) is 17.5. The molecule has 1 aliphatic rings. The number of para-hydroxylation sites is 2. The van der Waals surface area contributed by atoms with Gasteiger partial charge >= 0.3 is 0 Å². The number of halogens is 1. The molecule has 3 aromatic rings. The van der Waals surface area contributed by atoms with Crippen molar-refractivity contribution >= 4 is 21.6 Å².